The standard InChI is InChI=1S/C12H25NO2/c1-9(2)7-11(13)12(8-14)15-6-5-10-3-4-10/h9-12,14H,3-8,13H2,1-2H3. The maximum absolute atomic E-state index is 9.19. The lowest BCUT2D eigenvalue weighted by molar-refractivity contribution is -0.00829. The Kier molecular flexibility index (Phi) is 5.58. The quantitative estimate of drug-likeness (QED) is 0.645. The van der Waals surface area contributed by atoms with Crippen molar-refractivity contribution in [2.24, 2.45) is 17.6 Å². The van der Waals surface area contributed by atoms with E-state index in [0.717, 1.165) is 25.4 Å². The lowest BCUT2D eigenvalue weighted by atomic mass is 10.0. The van der Waals surface area contributed by atoms with Gasteiger partial charge in [0, 0.05) is 12.6 Å². The molecule has 0 radical (unpaired) electrons. The molecule has 1 aliphatic carbocycles. The average Bonchev–Trinajstić information content (AvgIpc) is 2.94. The van der Waals surface area contributed by atoms with Gasteiger partial charge >= 0.3 is 0 Å². The number of ether oxygens (including phenoxy) is 1. The number of aliphatic hydroxyl groups excluding tert-OH is 1. The lowest BCUT2D eigenvalue weighted by Gasteiger charge is -2.23. The first-order valence-electron chi connectivity index (χ1n) is 6.11. The van der Waals surface area contributed by atoms with E-state index in [1.54, 1.807) is 0 Å². The topological polar surface area (TPSA) is 55.5 Å². The highest BCUT2D eigenvalue weighted by Crippen LogP contribution is 2.32. The zero-order valence-electron chi connectivity index (χ0n) is 9.98. The molecule has 0 aromatic heterocycles. The Bertz CT molecular complexity index is 169. The van der Waals surface area contributed by atoms with Crippen LogP contribution < -0.4 is 5.73 Å². The molecule has 3 N–H and O–H groups in total. The molecular formula is C12H25NO2. The van der Waals surface area contributed by atoms with Gasteiger partial charge in [-0.1, -0.05) is 26.7 Å². The molecular weight excluding hydrogens is 190 g/mol. The molecule has 0 aromatic carbocycles. The number of rotatable bonds is 8. The minimum Gasteiger partial charge on any atom is -0.394 e. The van der Waals surface area contributed by atoms with Crippen molar-refractivity contribution < 1.29 is 9.84 Å². The molecule has 0 saturated heterocycles. The van der Waals surface area contributed by atoms with E-state index in [9.17, 15) is 5.11 Å². The van der Waals surface area contributed by atoms with Gasteiger partial charge in [-0.25, -0.2) is 0 Å². The molecule has 0 spiro atoms. The molecule has 1 aliphatic rings. The van der Waals surface area contributed by atoms with E-state index >= 15 is 0 Å². The van der Waals surface area contributed by atoms with Crippen LogP contribution in [0, 0.1) is 11.8 Å². The summed E-state index contributed by atoms with van der Waals surface area (Å²) in [6.07, 6.45) is 4.57. The fourth-order valence-electron chi connectivity index (χ4n) is 1.80. The molecule has 0 heterocycles. The number of hydrogen-bond donors (Lipinski definition) is 2. The molecule has 0 aliphatic heterocycles. The van der Waals surface area contributed by atoms with E-state index in [1.165, 1.54) is 12.8 Å². The van der Waals surface area contributed by atoms with Crippen molar-refractivity contribution in [1.29, 1.82) is 0 Å². The highest BCUT2D eigenvalue weighted by atomic mass is 16.5. The van der Waals surface area contributed by atoms with Crippen molar-refractivity contribution in [3.63, 3.8) is 0 Å². The largest absolute Gasteiger partial charge is 0.394 e. The van der Waals surface area contributed by atoms with Gasteiger partial charge in [-0.2, -0.15) is 0 Å². The molecule has 0 bridgehead atoms. The average molecular weight is 215 g/mol. The smallest absolute Gasteiger partial charge is 0.0956 e. The Balaban J connectivity index is 2.13. The van der Waals surface area contributed by atoms with Crippen molar-refractivity contribution in [2.45, 2.75) is 51.7 Å². The van der Waals surface area contributed by atoms with Crippen molar-refractivity contribution in [1.82, 2.24) is 0 Å². The highest BCUT2D eigenvalue weighted by Gasteiger charge is 2.23. The van der Waals surface area contributed by atoms with E-state index in [0.29, 0.717) is 5.92 Å². The minimum atomic E-state index is -0.175. The summed E-state index contributed by atoms with van der Waals surface area (Å²) in [6, 6.07) is -0.0331. The van der Waals surface area contributed by atoms with Gasteiger partial charge in [-0.05, 0) is 24.7 Å². The van der Waals surface area contributed by atoms with Gasteiger partial charge in [0.25, 0.3) is 0 Å². The number of nitrogens with two attached hydrogens (primary N) is 1. The van der Waals surface area contributed by atoms with E-state index in [2.05, 4.69) is 13.8 Å². The predicted molar refractivity (Wildman–Crippen MR) is 61.6 cm³/mol. The second-order valence-electron chi connectivity index (χ2n) is 5.12. The molecule has 1 fully saturated rings. The van der Waals surface area contributed by atoms with Crippen LogP contribution in [0.4, 0.5) is 0 Å². The Hall–Kier alpha value is -0.120. The fourth-order valence-corrected chi connectivity index (χ4v) is 1.80. The molecule has 2 atom stereocenters. The lowest BCUT2D eigenvalue weighted by Crippen LogP contribution is -2.40. The van der Waals surface area contributed by atoms with E-state index in [-0.39, 0.29) is 18.8 Å². The Morgan fingerprint density at radius 3 is 2.53 bits per heavy atom. The molecule has 1 rings (SSSR count). The Labute approximate surface area is 93.0 Å². The van der Waals surface area contributed by atoms with Crippen LogP contribution in [0.15, 0.2) is 0 Å². The number of hydrogen-bond acceptors (Lipinski definition) is 3. The SMILES string of the molecule is CC(C)CC(N)C(CO)OCCC1CC1. The van der Waals surface area contributed by atoms with Gasteiger partial charge in [-0.3, -0.25) is 0 Å². The van der Waals surface area contributed by atoms with Crippen LogP contribution in [-0.2, 0) is 4.74 Å². The number of aliphatic hydroxyl groups is 1. The van der Waals surface area contributed by atoms with Gasteiger partial charge in [0.2, 0.25) is 0 Å². The summed E-state index contributed by atoms with van der Waals surface area (Å²) in [5, 5.41) is 9.19. The third-order valence-corrected chi connectivity index (χ3v) is 2.96. The van der Waals surface area contributed by atoms with E-state index in [4.69, 9.17) is 10.5 Å². The van der Waals surface area contributed by atoms with Crippen molar-refractivity contribution in [2.75, 3.05) is 13.2 Å². The van der Waals surface area contributed by atoms with Gasteiger partial charge in [0.1, 0.15) is 0 Å². The highest BCUT2D eigenvalue weighted by molar-refractivity contribution is 4.76. The van der Waals surface area contributed by atoms with Gasteiger partial charge in [0.15, 0.2) is 0 Å². The van der Waals surface area contributed by atoms with Crippen LogP contribution in [-0.4, -0.2) is 30.5 Å². The van der Waals surface area contributed by atoms with Crippen LogP contribution in [0.1, 0.15) is 39.5 Å². The zero-order chi connectivity index (χ0) is 11.3. The van der Waals surface area contributed by atoms with Crippen molar-refractivity contribution in [3.05, 3.63) is 0 Å². The normalized spacial score (nSPS) is 20.6. The van der Waals surface area contributed by atoms with Crippen molar-refractivity contribution >= 4 is 0 Å². The van der Waals surface area contributed by atoms with E-state index < -0.39 is 0 Å². The molecule has 2 unspecified atom stereocenters. The maximum Gasteiger partial charge on any atom is 0.0956 e. The first-order valence-corrected chi connectivity index (χ1v) is 6.11. The van der Waals surface area contributed by atoms with E-state index in [1.807, 2.05) is 0 Å². The monoisotopic (exact) mass is 215 g/mol. The molecule has 3 nitrogen and oxygen atoms in total. The summed E-state index contributed by atoms with van der Waals surface area (Å²) < 4.78 is 5.63. The Morgan fingerprint density at radius 2 is 2.07 bits per heavy atom. The second-order valence-corrected chi connectivity index (χ2v) is 5.12. The molecule has 90 valence electrons. The van der Waals surface area contributed by atoms with Gasteiger partial charge in [0.05, 0.1) is 12.7 Å². The molecule has 3 heteroatoms. The van der Waals surface area contributed by atoms with Crippen LogP contribution in [0.3, 0.4) is 0 Å². The predicted octanol–water partition coefficient (Wildman–Crippen LogP) is 1.54. The Morgan fingerprint density at radius 1 is 1.40 bits per heavy atom. The van der Waals surface area contributed by atoms with Crippen LogP contribution in [0.5, 0.6) is 0 Å². The first kappa shape index (κ1) is 12.9. The summed E-state index contributed by atoms with van der Waals surface area (Å²) >= 11 is 0. The maximum atomic E-state index is 9.19. The third-order valence-electron chi connectivity index (χ3n) is 2.96. The summed E-state index contributed by atoms with van der Waals surface area (Å²) in [5.74, 6) is 1.44. The molecule has 15 heavy (non-hydrogen) atoms. The van der Waals surface area contributed by atoms with Gasteiger partial charge < -0.3 is 15.6 Å². The second kappa shape index (κ2) is 6.46. The molecule has 1 saturated carbocycles. The van der Waals surface area contributed by atoms with Crippen molar-refractivity contribution in [3.8, 4) is 0 Å². The summed E-state index contributed by atoms with van der Waals surface area (Å²) in [4.78, 5) is 0. The first-order chi connectivity index (χ1) is 7.13. The summed E-state index contributed by atoms with van der Waals surface area (Å²) in [6.45, 7) is 5.07. The molecule has 0 aromatic rings. The fraction of sp³-hybridized carbons (Fsp3) is 1.00. The minimum absolute atomic E-state index is 0.0331. The van der Waals surface area contributed by atoms with Crippen LogP contribution in [0.2, 0.25) is 0 Å². The zero-order valence-corrected chi connectivity index (χ0v) is 9.98. The summed E-state index contributed by atoms with van der Waals surface area (Å²) in [5.41, 5.74) is 5.98. The van der Waals surface area contributed by atoms with Crippen LogP contribution >= 0.6 is 0 Å². The third kappa shape index (κ3) is 5.50. The van der Waals surface area contributed by atoms with Crippen LogP contribution in [0.25, 0.3) is 0 Å². The molecule has 0 amide bonds. The van der Waals surface area contributed by atoms with Gasteiger partial charge in [-0.15, -0.1) is 0 Å². The summed E-state index contributed by atoms with van der Waals surface area (Å²) in [7, 11) is 0.